The Hall–Kier alpha value is 0.0900. The van der Waals surface area contributed by atoms with Crippen LogP contribution in [0.25, 0.3) is 0 Å². The summed E-state index contributed by atoms with van der Waals surface area (Å²) in [5.41, 5.74) is 0. The highest BCUT2D eigenvalue weighted by Crippen LogP contribution is 2.39. The Morgan fingerprint density at radius 3 is 2.46 bits per heavy atom. The lowest BCUT2D eigenvalue weighted by Gasteiger charge is -2.37. The van der Waals surface area contributed by atoms with Crippen molar-refractivity contribution in [3.8, 4) is 0 Å². The zero-order chi connectivity index (χ0) is 9.84. The normalized spacial score (nSPS) is 27.4. The lowest BCUT2D eigenvalue weighted by atomic mass is 9.69. The molecule has 0 aliphatic heterocycles. The van der Waals surface area contributed by atoms with Crippen LogP contribution in [0.5, 0.6) is 0 Å². The van der Waals surface area contributed by atoms with E-state index in [0.29, 0.717) is 5.92 Å². The SMILES string of the molecule is CCCC[C@H]1C[C@@H](C(=S)C(C)C)C1. The Balaban J connectivity index is 2.14. The molecule has 0 nitrogen and oxygen atoms in total. The van der Waals surface area contributed by atoms with Gasteiger partial charge in [0.2, 0.25) is 0 Å². The van der Waals surface area contributed by atoms with Gasteiger partial charge in [-0.2, -0.15) is 0 Å². The zero-order valence-electron chi connectivity index (χ0n) is 9.18. The van der Waals surface area contributed by atoms with Gasteiger partial charge in [0, 0.05) is 0 Å². The largest absolute Gasteiger partial charge is 0.0891 e. The first-order valence-electron chi connectivity index (χ1n) is 5.68. The first kappa shape index (κ1) is 11.2. The Kier molecular flexibility index (Phi) is 4.37. The molecular weight excluding hydrogens is 176 g/mol. The zero-order valence-corrected chi connectivity index (χ0v) is 9.99. The van der Waals surface area contributed by atoms with Gasteiger partial charge in [0.05, 0.1) is 0 Å². The van der Waals surface area contributed by atoms with Crippen molar-refractivity contribution in [3.05, 3.63) is 0 Å². The van der Waals surface area contributed by atoms with Gasteiger partial charge in [-0.05, 0) is 35.5 Å². The Labute approximate surface area is 88.1 Å². The van der Waals surface area contributed by atoms with Gasteiger partial charge in [-0.15, -0.1) is 0 Å². The van der Waals surface area contributed by atoms with Crippen LogP contribution < -0.4 is 0 Å². The maximum Gasteiger partial charge on any atom is -0.00150 e. The lowest BCUT2D eigenvalue weighted by Crippen LogP contribution is -2.31. The monoisotopic (exact) mass is 198 g/mol. The number of hydrogen-bond donors (Lipinski definition) is 0. The number of unbranched alkanes of at least 4 members (excludes halogenated alkanes) is 1. The number of thiocarbonyl (C=S) groups is 1. The molecule has 0 radical (unpaired) electrons. The highest BCUT2D eigenvalue weighted by molar-refractivity contribution is 7.80. The van der Waals surface area contributed by atoms with Gasteiger partial charge in [-0.25, -0.2) is 0 Å². The minimum Gasteiger partial charge on any atom is -0.0891 e. The second-order valence-corrected chi connectivity index (χ2v) is 5.21. The summed E-state index contributed by atoms with van der Waals surface area (Å²) < 4.78 is 0. The fourth-order valence-corrected chi connectivity index (χ4v) is 2.36. The van der Waals surface area contributed by atoms with E-state index in [4.69, 9.17) is 12.2 Å². The molecule has 1 heteroatoms. The minimum absolute atomic E-state index is 0.618. The van der Waals surface area contributed by atoms with Crippen molar-refractivity contribution in [2.24, 2.45) is 17.8 Å². The molecule has 0 heterocycles. The lowest BCUT2D eigenvalue weighted by molar-refractivity contribution is 0.234. The molecule has 1 fully saturated rings. The van der Waals surface area contributed by atoms with Crippen LogP contribution >= 0.6 is 12.2 Å². The Morgan fingerprint density at radius 2 is 2.00 bits per heavy atom. The molecule has 0 N–H and O–H groups in total. The molecule has 13 heavy (non-hydrogen) atoms. The average molecular weight is 198 g/mol. The van der Waals surface area contributed by atoms with E-state index in [9.17, 15) is 0 Å². The number of hydrogen-bond acceptors (Lipinski definition) is 1. The molecule has 1 aliphatic carbocycles. The van der Waals surface area contributed by atoms with E-state index in [1.165, 1.54) is 37.0 Å². The summed E-state index contributed by atoms with van der Waals surface area (Å²) in [7, 11) is 0. The van der Waals surface area contributed by atoms with Crippen molar-refractivity contribution in [3.63, 3.8) is 0 Å². The van der Waals surface area contributed by atoms with Gasteiger partial charge < -0.3 is 0 Å². The van der Waals surface area contributed by atoms with Crippen LogP contribution in [0.15, 0.2) is 0 Å². The maximum absolute atomic E-state index is 5.42. The smallest absolute Gasteiger partial charge is 0.00150 e. The second kappa shape index (κ2) is 5.09. The van der Waals surface area contributed by atoms with E-state index in [-0.39, 0.29) is 0 Å². The summed E-state index contributed by atoms with van der Waals surface area (Å²) in [4.78, 5) is 1.33. The molecule has 1 aliphatic rings. The third-order valence-electron chi connectivity index (χ3n) is 3.17. The van der Waals surface area contributed by atoms with Crippen LogP contribution in [0.1, 0.15) is 52.9 Å². The van der Waals surface area contributed by atoms with Crippen molar-refractivity contribution >= 4 is 17.1 Å². The van der Waals surface area contributed by atoms with Crippen LogP contribution in [0, 0.1) is 17.8 Å². The molecule has 0 aromatic heterocycles. The van der Waals surface area contributed by atoms with Gasteiger partial charge in [-0.3, -0.25) is 0 Å². The summed E-state index contributed by atoms with van der Waals surface area (Å²) in [6, 6.07) is 0. The first-order valence-corrected chi connectivity index (χ1v) is 6.09. The van der Waals surface area contributed by atoms with Crippen molar-refractivity contribution in [1.29, 1.82) is 0 Å². The van der Waals surface area contributed by atoms with Gasteiger partial charge in [-0.1, -0.05) is 52.3 Å². The van der Waals surface area contributed by atoms with Gasteiger partial charge in [0.25, 0.3) is 0 Å². The molecule has 1 saturated carbocycles. The van der Waals surface area contributed by atoms with E-state index < -0.39 is 0 Å². The molecule has 0 saturated heterocycles. The molecule has 0 amide bonds. The molecule has 76 valence electrons. The standard InChI is InChI=1S/C12H22S/c1-4-5-6-10-7-11(8-10)12(13)9(2)3/h9-11H,4-8H2,1-3H3/t10-,11+. The second-order valence-electron chi connectivity index (χ2n) is 4.73. The topological polar surface area (TPSA) is 0 Å². The van der Waals surface area contributed by atoms with Crippen molar-refractivity contribution < 1.29 is 0 Å². The Bertz CT molecular complexity index is 166. The van der Waals surface area contributed by atoms with E-state index in [1.807, 2.05) is 0 Å². The van der Waals surface area contributed by atoms with Crippen LogP contribution in [0.2, 0.25) is 0 Å². The predicted octanol–water partition coefficient (Wildman–Crippen LogP) is 4.23. The summed E-state index contributed by atoms with van der Waals surface area (Å²) in [5.74, 6) is 2.41. The molecule has 0 unspecified atom stereocenters. The Morgan fingerprint density at radius 1 is 1.38 bits per heavy atom. The van der Waals surface area contributed by atoms with E-state index in [2.05, 4.69) is 20.8 Å². The van der Waals surface area contributed by atoms with Crippen molar-refractivity contribution in [2.75, 3.05) is 0 Å². The summed E-state index contributed by atoms with van der Waals surface area (Å²) in [6.45, 7) is 6.72. The minimum atomic E-state index is 0.618. The highest BCUT2D eigenvalue weighted by atomic mass is 32.1. The average Bonchev–Trinajstić information content (AvgIpc) is 2.01. The first-order chi connectivity index (χ1) is 6.15. The molecule has 0 aromatic carbocycles. The summed E-state index contributed by atoms with van der Waals surface area (Å²) >= 11 is 5.42. The fraction of sp³-hybridized carbons (Fsp3) is 0.917. The fourth-order valence-electron chi connectivity index (χ4n) is 2.17. The van der Waals surface area contributed by atoms with Crippen LogP contribution in [-0.4, -0.2) is 4.86 Å². The molecule has 1 rings (SSSR count). The van der Waals surface area contributed by atoms with Gasteiger partial charge in [0.15, 0.2) is 0 Å². The van der Waals surface area contributed by atoms with Crippen LogP contribution in [0.4, 0.5) is 0 Å². The van der Waals surface area contributed by atoms with E-state index in [0.717, 1.165) is 11.8 Å². The van der Waals surface area contributed by atoms with Crippen LogP contribution in [0.3, 0.4) is 0 Å². The third kappa shape index (κ3) is 3.05. The van der Waals surface area contributed by atoms with E-state index in [1.54, 1.807) is 0 Å². The highest BCUT2D eigenvalue weighted by Gasteiger charge is 2.31. The molecule has 0 spiro atoms. The maximum atomic E-state index is 5.42. The van der Waals surface area contributed by atoms with Crippen molar-refractivity contribution in [1.82, 2.24) is 0 Å². The number of rotatable bonds is 5. The molecular formula is C12H22S. The van der Waals surface area contributed by atoms with E-state index >= 15 is 0 Å². The molecule has 0 aromatic rings. The summed E-state index contributed by atoms with van der Waals surface area (Å²) in [5, 5.41) is 0. The van der Waals surface area contributed by atoms with Crippen molar-refractivity contribution in [2.45, 2.75) is 52.9 Å². The molecule has 0 bridgehead atoms. The van der Waals surface area contributed by atoms with Gasteiger partial charge in [0.1, 0.15) is 0 Å². The molecule has 0 atom stereocenters. The summed E-state index contributed by atoms with van der Waals surface area (Å²) in [6.07, 6.45) is 6.96. The third-order valence-corrected chi connectivity index (χ3v) is 3.98. The van der Waals surface area contributed by atoms with Gasteiger partial charge >= 0.3 is 0 Å². The van der Waals surface area contributed by atoms with Crippen LogP contribution in [-0.2, 0) is 0 Å². The quantitative estimate of drug-likeness (QED) is 0.596. The predicted molar refractivity (Wildman–Crippen MR) is 63.2 cm³/mol.